The first-order chi connectivity index (χ1) is 10.7. The summed E-state index contributed by atoms with van der Waals surface area (Å²) in [5, 5.41) is 13.1. The zero-order valence-electron chi connectivity index (χ0n) is 13.6. The molecule has 1 amide bonds. The first-order valence-corrected chi connectivity index (χ1v) is 7.11. The second-order valence-corrected chi connectivity index (χ2v) is 6.02. The molecule has 1 aromatic carbocycles. The SMILES string of the molecule is Cn1nncc1CNc1cc(NC(=O)OC(C)(C)C)ccc1F. The van der Waals surface area contributed by atoms with E-state index in [-0.39, 0.29) is 5.69 Å². The first-order valence-electron chi connectivity index (χ1n) is 7.11. The molecular weight excluding hydrogens is 301 g/mol. The molecule has 2 N–H and O–H groups in total. The number of anilines is 2. The van der Waals surface area contributed by atoms with E-state index >= 15 is 0 Å². The maximum Gasteiger partial charge on any atom is 0.412 e. The van der Waals surface area contributed by atoms with Gasteiger partial charge in [0, 0.05) is 12.7 Å². The highest BCUT2D eigenvalue weighted by atomic mass is 19.1. The van der Waals surface area contributed by atoms with Gasteiger partial charge in [0.25, 0.3) is 0 Å². The quantitative estimate of drug-likeness (QED) is 0.905. The van der Waals surface area contributed by atoms with E-state index < -0.39 is 17.5 Å². The van der Waals surface area contributed by atoms with Gasteiger partial charge in [-0.15, -0.1) is 5.10 Å². The number of halogens is 1. The van der Waals surface area contributed by atoms with Crippen molar-refractivity contribution >= 4 is 17.5 Å². The van der Waals surface area contributed by atoms with Crippen LogP contribution in [-0.4, -0.2) is 26.7 Å². The molecule has 23 heavy (non-hydrogen) atoms. The third-order valence-electron chi connectivity index (χ3n) is 2.88. The standard InChI is InChI=1S/C15H20FN5O2/c1-15(2,3)23-14(22)19-10-5-6-12(16)13(7-10)17-8-11-9-18-20-21(11)4/h5-7,9,17H,8H2,1-4H3,(H,19,22). The molecule has 0 saturated carbocycles. The molecule has 8 heteroatoms. The lowest BCUT2D eigenvalue weighted by Crippen LogP contribution is -2.27. The number of ether oxygens (including phenoxy) is 1. The molecule has 0 spiro atoms. The number of carbonyl (C=O) groups is 1. The molecule has 0 aliphatic rings. The summed E-state index contributed by atoms with van der Waals surface area (Å²) in [7, 11) is 1.75. The molecule has 0 fully saturated rings. The van der Waals surface area contributed by atoms with Crippen LogP contribution in [0.3, 0.4) is 0 Å². The Labute approximate surface area is 133 Å². The molecular formula is C15H20FN5O2. The summed E-state index contributed by atoms with van der Waals surface area (Å²) >= 11 is 0. The molecule has 0 aliphatic carbocycles. The predicted molar refractivity (Wildman–Crippen MR) is 84.6 cm³/mol. The molecule has 0 radical (unpaired) electrons. The maximum absolute atomic E-state index is 13.9. The Bertz CT molecular complexity index is 693. The first kappa shape index (κ1) is 16.7. The van der Waals surface area contributed by atoms with Crippen LogP contribution in [0.15, 0.2) is 24.4 Å². The summed E-state index contributed by atoms with van der Waals surface area (Å²) < 4.78 is 20.6. The van der Waals surface area contributed by atoms with Gasteiger partial charge in [-0.25, -0.2) is 9.18 Å². The smallest absolute Gasteiger partial charge is 0.412 e. The number of aromatic nitrogens is 3. The van der Waals surface area contributed by atoms with Crippen LogP contribution in [0.1, 0.15) is 26.5 Å². The van der Waals surface area contributed by atoms with Crippen molar-refractivity contribution in [2.75, 3.05) is 10.6 Å². The monoisotopic (exact) mass is 321 g/mol. The van der Waals surface area contributed by atoms with Gasteiger partial charge >= 0.3 is 6.09 Å². The highest BCUT2D eigenvalue weighted by Gasteiger charge is 2.16. The lowest BCUT2D eigenvalue weighted by atomic mass is 10.2. The lowest BCUT2D eigenvalue weighted by Gasteiger charge is -2.20. The van der Waals surface area contributed by atoms with E-state index in [4.69, 9.17) is 4.74 Å². The fraction of sp³-hybridized carbons (Fsp3) is 0.400. The minimum Gasteiger partial charge on any atom is -0.444 e. The fourth-order valence-corrected chi connectivity index (χ4v) is 1.82. The minimum absolute atomic E-state index is 0.264. The van der Waals surface area contributed by atoms with Crippen molar-refractivity contribution in [1.82, 2.24) is 15.0 Å². The number of nitrogens with zero attached hydrogens (tertiary/aromatic N) is 3. The van der Waals surface area contributed by atoms with E-state index in [9.17, 15) is 9.18 Å². The molecule has 7 nitrogen and oxygen atoms in total. The van der Waals surface area contributed by atoms with Crippen LogP contribution in [0, 0.1) is 5.82 Å². The van der Waals surface area contributed by atoms with Gasteiger partial charge in [-0.1, -0.05) is 5.21 Å². The van der Waals surface area contributed by atoms with Crippen molar-refractivity contribution in [2.45, 2.75) is 32.9 Å². The van der Waals surface area contributed by atoms with Crippen LogP contribution < -0.4 is 10.6 Å². The van der Waals surface area contributed by atoms with Crippen LogP contribution in [-0.2, 0) is 18.3 Å². The average molecular weight is 321 g/mol. The van der Waals surface area contributed by atoms with Crippen molar-refractivity contribution in [2.24, 2.45) is 7.05 Å². The number of hydrogen-bond acceptors (Lipinski definition) is 5. The summed E-state index contributed by atoms with van der Waals surface area (Å²) in [6, 6.07) is 4.25. The van der Waals surface area contributed by atoms with Crippen LogP contribution >= 0.6 is 0 Å². The van der Waals surface area contributed by atoms with Gasteiger partial charge in [-0.05, 0) is 39.0 Å². The second kappa shape index (κ2) is 6.64. The molecule has 0 unspecified atom stereocenters. The highest BCUT2D eigenvalue weighted by molar-refractivity contribution is 5.85. The van der Waals surface area contributed by atoms with E-state index in [0.717, 1.165) is 5.69 Å². The number of hydrogen-bond donors (Lipinski definition) is 2. The summed E-state index contributed by atoms with van der Waals surface area (Å²) in [5.41, 5.74) is 0.901. The molecule has 0 aliphatic heterocycles. The number of carbonyl (C=O) groups excluding carboxylic acids is 1. The van der Waals surface area contributed by atoms with E-state index in [2.05, 4.69) is 20.9 Å². The molecule has 2 rings (SSSR count). The number of amides is 1. The van der Waals surface area contributed by atoms with E-state index in [1.54, 1.807) is 38.7 Å². The zero-order valence-corrected chi connectivity index (χ0v) is 13.6. The van der Waals surface area contributed by atoms with Crippen molar-refractivity contribution in [3.8, 4) is 0 Å². The Hall–Kier alpha value is -2.64. The topological polar surface area (TPSA) is 81.1 Å². The number of rotatable bonds is 4. The van der Waals surface area contributed by atoms with Crippen LogP contribution in [0.4, 0.5) is 20.6 Å². The number of benzene rings is 1. The van der Waals surface area contributed by atoms with E-state index in [1.807, 2.05) is 0 Å². The number of nitrogens with one attached hydrogen (secondary N) is 2. The van der Waals surface area contributed by atoms with Crippen molar-refractivity contribution in [3.05, 3.63) is 35.9 Å². The van der Waals surface area contributed by atoms with Crippen LogP contribution in [0.25, 0.3) is 0 Å². The van der Waals surface area contributed by atoms with Crippen LogP contribution in [0.5, 0.6) is 0 Å². The van der Waals surface area contributed by atoms with Crippen LogP contribution in [0.2, 0.25) is 0 Å². The van der Waals surface area contributed by atoms with Gasteiger partial charge in [0.05, 0.1) is 24.1 Å². The van der Waals surface area contributed by atoms with Crippen molar-refractivity contribution in [1.29, 1.82) is 0 Å². The van der Waals surface area contributed by atoms with Gasteiger partial charge in [0.1, 0.15) is 11.4 Å². The fourth-order valence-electron chi connectivity index (χ4n) is 1.82. The van der Waals surface area contributed by atoms with Gasteiger partial charge in [-0.3, -0.25) is 10.00 Å². The number of aryl methyl sites for hydroxylation is 1. The van der Waals surface area contributed by atoms with Gasteiger partial charge in [-0.2, -0.15) is 0 Å². The Kier molecular flexibility index (Phi) is 4.83. The molecule has 124 valence electrons. The summed E-state index contributed by atoms with van der Waals surface area (Å²) in [6.45, 7) is 5.67. The third-order valence-corrected chi connectivity index (χ3v) is 2.88. The Morgan fingerprint density at radius 1 is 1.39 bits per heavy atom. The van der Waals surface area contributed by atoms with E-state index in [0.29, 0.717) is 12.2 Å². The van der Waals surface area contributed by atoms with Gasteiger partial charge in [0.2, 0.25) is 0 Å². The summed E-state index contributed by atoms with van der Waals surface area (Å²) in [4.78, 5) is 11.7. The van der Waals surface area contributed by atoms with Crippen molar-refractivity contribution in [3.63, 3.8) is 0 Å². The Morgan fingerprint density at radius 3 is 2.74 bits per heavy atom. The second-order valence-electron chi connectivity index (χ2n) is 6.02. The highest BCUT2D eigenvalue weighted by Crippen LogP contribution is 2.21. The normalized spacial score (nSPS) is 11.2. The largest absolute Gasteiger partial charge is 0.444 e. The average Bonchev–Trinajstić information content (AvgIpc) is 2.83. The summed E-state index contributed by atoms with van der Waals surface area (Å²) in [6.07, 6.45) is 0.999. The maximum atomic E-state index is 13.9. The summed E-state index contributed by atoms with van der Waals surface area (Å²) in [5.74, 6) is -0.421. The zero-order chi connectivity index (χ0) is 17.0. The Morgan fingerprint density at radius 2 is 2.13 bits per heavy atom. The molecule has 1 aromatic heterocycles. The van der Waals surface area contributed by atoms with Gasteiger partial charge in [0.15, 0.2) is 0 Å². The molecule has 0 bridgehead atoms. The lowest BCUT2D eigenvalue weighted by molar-refractivity contribution is 0.0636. The predicted octanol–water partition coefficient (Wildman–Crippen LogP) is 2.91. The molecule has 0 atom stereocenters. The third kappa shape index (κ3) is 4.94. The molecule has 1 heterocycles. The Balaban J connectivity index is 2.04. The minimum atomic E-state index is -0.599. The molecule has 0 saturated heterocycles. The van der Waals surface area contributed by atoms with Gasteiger partial charge < -0.3 is 10.1 Å². The molecule has 2 aromatic rings. The van der Waals surface area contributed by atoms with Crippen molar-refractivity contribution < 1.29 is 13.9 Å². The van der Waals surface area contributed by atoms with E-state index in [1.165, 1.54) is 18.2 Å².